The molecule has 2 aliphatic rings. The van der Waals surface area contributed by atoms with Gasteiger partial charge < -0.3 is 0 Å². The zero-order chi connectivity index (χ0) is 15.6. The van der Waals surface area contributed by atoms with Crippen LogP contribution in [-0.4, -0.2) is 0 Å². The Bertz CT molecular complexity index is 349. The monoisotopic (exact) mass is 301 g/mol. The quantitative estimate of drug-likeness (QED) is 0.381. The number of nitriles is 1. The van der Waals surface area contributed by atoms with E-state index in [0.717, 1.165) is 17.8 Å². The Morgan fingerprint density at radius 2 is 1.50 bits per heavy atom. The highest BCUT2D eigenvalue weighted by Crippen LogP contribution is 2.41. The molecule has 0 bridgehead atoms. The molecular formula is C21H35N. The normalized spacial score (nSPS) is 32.9. The van der Waals surface area contributed by atoms with Crippen LogP contribution >= 0.6 is 0 Å². The average Bonchev–Trinajstić information content (AvgIpc) is 2.59. The van der Waals surface area contributed by atoms with Crippen molar-refractivity contribution >= 4 is 0 Å². The fourth-order valence-electron chi connectivity index (χ4n) is 4.51. The summed E-state index contributed by atoms with van der Waals surface area (Å²) in [4.78, 5) is 0. The van der Waals surface area contributed by atoms with E-state index in [9.17, 15) is 0 Å². The van der Waals surface area contributed by atoms with Gasteiger partial charge in [-0.2, -0.15) is 5.26 Å². The van der Waals surface area contributed by atoms with Crippen LogP contribution < -0.4 is 0 Å². The third-order valence-corrected chi connectivity index (χ3v) is 6.07. The maximum atomic E-state index is 9.02. The molecule has 22 heavy (non-hydrogen) atoms. The zero-order valence-corrected chi connectivity index (χ0v) is 14.6. The second-order valence-electron chi connectivity index (χ2n) is 7.69. The molecule has 2 rings (SSSR count). The van der Waals surface area contributed by atoms with Gasteiger partial charge in [0.1, 0.15) is 0 Å². The van der Waals surface area contributed by atoms with E-state index in [-0.39, 0.29) is 0 Å². The lowest BCUT2D eigenvalue weighted by atomic mass is 9.69. The van der Waals surface area contributed by atoms with Crippen molar-refractivity contribution in [2.75, 3.05) is 0 Å². The number of allylic oxidation sites excluding steroid dienone is 2. The first-order valence-corrected chi connectivity index (χ1v) is 9.89. The molecule has 0 radical (unpaired) electrons. The molecule has 0 aliphatic heterocycles. The lowest BCUT2D eigenvalue weighted by Gasteiger charge is -2.36. The molecule has 0 aromatic rings. The van der Waals surface area contributed by atoms with Crippen molar-refractivity contribution in [2.45, 2.75) is 90.4 Å². The zero-order valence-electron chi connectivity index (χ0n) is 14.6. The van der Waals surface area contributed by atoms with Gasteiger partial charge in [0.05, 0.1) is 6.07 Å². The largest absolute Gasteiger partial charge is 0.198 e. The minimum Gasteiger partial charge on any atom is -0.198 e. The summed E-state index contributed by atoms with van der Waals surface area (Å²) in [5.74, 6) is 3.12. The maximum absolute atomic E-state index is 9.02. The highest BCUT2D eigenvalue weighted by atomic mass is 14.4. The van der Waals surface area contributed by atoms with Crippen molar-refractivity contribution in [3.63, 3.8) is 0 Å². The van der Waals surface area contributed by atoms with Gasteiger partial charge in [-0.25, -0.2) is 0 Å². The van der Waals surface area contributed by atoms with Crippen LogP contribution in [0, 0.1) is 35.0 Å². The summed E-state index contributed by atoms with van der Waals surface area (Å²) in [6, 6.07) is 2.47. The summed E-state index contributed by atoms with van der Waals surface area (Å²) in [5, 5.41) is 9.02. The fourth-order valence-corrected chi connectivity index (χ4v) is 4.51. The van der Waals surface area contributed by atoms with Crippen molar-refractivity contribution in [3.05, 3.63) is 12.2 Å². The van der Waals surface area contributed by atoms with Crippen LogP contribution in [0.1, 0.15) is 90.4 Å². The summed E-state index contributed by atoms with van der Waals surface area (Å²) in [6.07, 6.45) is 22.4. The molecule has 0 aromatic heterocycles. The van der Waals surface area contributed by atoms with E-state index in [1.807, 2.05) is 0 Å². The van der Waals surface area contributed by atoms with Crippen LogP contribution in [-0.2, 0) is 0 Å². The van der Waals surface area contributed by atoms with Crippen LogP contribution in [0.4, 0.5) is 0 Å². The number of nitrogens with zero attached hydrogens (tertiary/aromatic N) is 1. The Kier molecular flexibility index (Phi) is 8.06. The lowest BCUT2D eigenvalue weighted by molar-refractivity contribution is 0.168. The van der Waals surface area contributed by atoms with Crippen LogP contribution in [0.25, 0.3) is 0 Å². The topological polar surface area (TPSA) is 23.8 Å². The van der Waals surface area contributed by atoms with Gasteiger partial charge in [0.15, 0.2) is 0 Å². The van der Waals surface area contributed by atoms with Crippen molar-refractivity contribution in [1.29, 1.82) is 5.26 Å². The van der Waals surface area contributed by atoms with Gasteiger partial charge >= 0.3 is 0 Å². The van der Waals surface area contributed by atoms with Crippen LogP contribution in [0.15, 0.2) is 12.2 Å². The standard InChI is InChI=1S/C21H35N/c1-2-3-4-5-6-7-8-18-9-13-20(14-10-18)21-15-11-19(17-22)12-16-21/h7-8,18-21H,2-6,9-16H2,1H3. The molecule has 2 saturated carbocycles. The Hall–Kier alpha value is -0.770. The molecular weight excluding hydrogens is 266 g/mol. The van der Waals surface area contributed by atoms with Crippen molar-refractivity contribution in [2.24, 2.45) is 23.7 Å². The van der Waals surface area contributed by atoms with E-state index in [4.69, 9.17) is 5.26 Å². The fraction of sp³-hybridized carbons (Fsp3) is 0.857. The number of rotatable bonds is 7. The van der Waals surface area contributed by atoms with Gasteiger partial charge in [0, 0.05) is 5.92 Å². The molecule has 0 amide bonds. The van der Waals surface area contributed by atoms with Crippen molar-refractivity contribution in [1.82, 2.24) is 0 Å². The van der Waals surface area contributed by atoms with Crippen molar-refractivity contribution < 1.29 is 0 Å². The van der Waals surface area contributed by atoms with Gasteiger partial charge in [0.25, 0.3) is 0 Å². The van der Waals surface area contributed by atoms with E-state index in [2.05, 4.69) is 25.1 Å². The molecule has 1 nitrogen and oxygen atoms in total. The SMILES string of the molecule is CCCCCCC=CC1CCC(C2CCC(C#N)CC2)CC1. The number of hydrogen-bond acceptors (Lipinski definition) is 1. The molecule has 2 fully saturated rings. The van der Waals surface area contributed by atoms with Crippen LogP contribution in [0.3, 0.4) is 0 Å². The molecule has 0 aromatic carbocycles. The highest BCUT2D eigenvalue weighted by Gasteiger charge is 2.30. The molecule has 1 heteroatoms. The molecule has 0 heterocycles. The van der Waals surface area contributed by atoms with Gasteiger partial charge in [-0.1, -0.05) is 38.3 Å². The van der Waals surface area contributed by atoms with Crippen LogP contribution in [0.2, 0.25) is 0 Å². The minimum atomic E-state index is 0.364. The summed E-state index contributed by atoms with van der Waals surface area (Å²) in [5.41, 5.74) is 0. The van der Waals surface area contributed by atoms with E-state index in [1.165, 1.54) is 83.5 Å². The highest BCUT2D eigenvalue weighted by molar-refractivity contribution is 4.93. The van der Waals surface area contributed by atoms with E-state index in [0.29, 0.717) is 5.92 Å². The summed E-state index contributed by atoms with van der Waals surface area (Å²) in [6.45, 7) is 2.28. The summed E-state index contributed by atoms with van der Waals surface area (Å²) in [7, 11) is 0. The Balaban J connectivity index is 1.60. The van der Waals surface area contributed by atoms with Gasteiger partial charge in [-0.3, -0.25) is 0 Å². The predicted molar refractivity (Wildman–Crippen MR) is 94.4 cm³/mol. The first-order chi connectivity index (χ1) is 10.8. The molecule has 0 spiro atoms. The number of unbranched alkanes of at least 4 members (excludes halogenated alkanes) is 4. The lowest BCUT2D eigenvalue weighted by Crippen LogP contribution is -2.25. The molecule has 0 atom stereocenters. The molecule has 124 valence electrons. The molecule has 2 aliphatic carbocycles. The minimum absolute atomic E-state index is 0.364. The Morgan fingerprint density at radius 3 is 2.09 bits per heavy atom. The Morgan fingerprint density at radius 1 is 0.864 bits per heavy atom. The first-order valence-electron chi connectivity index (χ1n) is 9.89. The van der Waals surface area contributed by atoms with Gasteiger partial charge in [-0.15, -0.1) is 0 Å². The summed E-state index contributed by atoms with van der Waals surface area (Å²) < 4.78 is 0. The second-order valence-corrected chi connectivity index (χ2v) is 7.69. The Labute approximate surface area is 138 Å². The van der Waals surface area contributed by atoms with Crippen LogP contribution in [0.5, 0.6) is 0 Å². The molecule has 0 saturated heterocycles. The smallest absolute Gasteiger partial charge is 0.0655 e. The van der Waals surface area contributed by atoms with E-state index in [1.54, 1.807) is 0 Å². The van der Waals surface area contributed by atoms with Crippen molar-refractivity contribution in [3.8, 4) is 6.07 Å². The summed E-state index contributed by atoms with van der Waals surface area (Å²) >= 11 is 0. The first kappa shape index (κ1) is 17.6. The molecule has 0 unspecified atom stereocenters. The van der Waals surface area contributed by atoms with Gasteiger partial charge in [-0.05, 0) is 82.0 Å². The third kappa shape index (κ3) is 5.79. The maximum Gasteiger partial charge on any atom is 0.0655 e. The molecule has 0 N–H and O–H groups in total. The second kappa shape index (κ2) is 10.1. The predicted octanol–water partition coefficient (Wildman–Crippen LogP) is 6.65. The average molecular weight is 302 g/mol. The third-order valence-electron chi connectivity index (χ3n) is 6.07. The van der Waals surface area contributed by atoms with Gasteiger partial charge in [0.2, 0.25) is 0 Å². The van der Waals surface area contributed by atoms with E-state index < -0.39 is 0 Å². The number of hydrogen-bond donors (Lipinski definition) is 0. The van der Waals surface area contributed by atoms with E-state index >= 15 is 0 Å².